The Morgan fingerprint density at radius 1 is 1.07 bits per heavy atom. The van der Waals surface area contributed by atoms with Crippen LogP contribution < -0.4 is 14.4 Å². The van der Waals surface area contributed by atoms with Gasteiger partial charge in [0.2, 0.25) is 0 Å². The molecular formula is C23H20N2O4S. The maximum atomic E-state index is 13.6. The third-order valence-corrected chi connectivity index (χ3v) is 6.30. The Bertz CT molecular complexity index is 1190. The molecule has 0 N–H and O–H groups in total. The van der Waals surface area contributed by atoms with Crippen LogP contribution in [0.15, 0.2) is 53.1 Å². The quantitative estimate of drug-likeness (QED) is 0.458. The summed E-state index contributed by atoms with van der Waals surface area (Å²) in [6.07, 6.45) is 1.61. The van der Waals surface area contributed by atoms with E-state index in [2.05, 4.69) is 19.1 Å². The van der Waals surface area contributed by atoms with E-state index in [0.29, 0.717) is 41.2 Å². The monoisotopic (exact) mass is 420 g/mol. The van der Waals surface area contributed by atoms with E-state index in [1.54, 1.807) is 29.4 Å². The molecule has 0 atom stereocenters. The molecule has 4 aromatic rings. The summed E-state index contributed by atoms with van der Waals surface area (Å²) >= 11 is 1.52. The molecule has 30 heavy (non-hydrogen) atoms. The second-order valence-electron chi connectivity index (χ2n) is 7.20. The van der Waals surface area contributed by atoms with Gasteiger partial charge in [0.1, 0.15) is 19.0 Å². The number of aromatic nitrogens is 1. The summed E-state index contributed by atoms with van der Waals surface area (Å²) in [5.41, 5.74) is 3.67. The van der Waals surface area contributed by atoms with Crippen LogP contribution >= 0.6 is 11.3 Å². The zero-order chi connectivity index (χ0) is 20.7. The Hall–Kier alpha value is -3.32. The smallest absolute Gasteiger partial charge is 0.260 e. The van der Waals surface area contributed by atoms with Crippen molar-refractivity contribution >= 4 is 32.6 Å². The number of rotatable bonds is 4. The highest BCUT2D eigenvalue weighted by molar-refractivity contribution is 7.22. The van der Waals surface area contributed by atoms with Crippen LogP contribution in [0.25, 0.3) is 10.2 Å². The first-order valence-electron chi connectivity index (χ1n) is 9.71. The van der Waals surface area contributed by atoms with Crippen molar-refractivity contribution < 1.29 is 18.7 Å². The predicted molar refractivity (Wildman–Crippen MR) is 116 cm³/mol. The molecule has 7 heteroatoms. The summed E-state index contributed by atoms with van der Waals surface area (Å²) in [5.74, 6) is 1.76. The van der Waals surface area contributed by atoms with Crippen LogP contribution in [0.4, 0.5) is 5.13 Å². The highest BCUT2D eigenvalue weighted by Gasteiger charge is 2.25. The number of aryl methyl sites for hydroxylation is 2. The van der Waals surface area contributed by atoms with E-state index in [1.165, 1.54) is 11.3 Å². The van der Waals surface area contributed by atoms with Crippen LogP contribution in [0.5, 0.6) is 11.5 Å². The van der Waals surface area contributed by atoms with Crippen molar-refractivity contribution in [2.45, 2.75) is 20.4 Å². The molecule has 0 fully saturated rings. The normalized spacial score (nSPS) is 12.9. The van der Waals surface area contributed by atoms with Crippen LogP contribution in [0.3, 0.4) is 0 Å². The van der Waals surface area contributed by atoms with Crippen LogP contribution in [0, 0.1) is 13.8 Å². The molecule has 1 aliphatic heterocycles. The maximum Gasteiger partial charge on any atom is 0.260 e. The lowest BCUT2D eigenvalue weighted by Gasteiger charge is -2.21. The Balaban J connectivity index is 1.58. The molecule has 3 heterocycles. The molecular weight excluding hydrogens is 400 g/mol. The van der Waals surface area contributed by atoms with Gasteiger partial charge in [-0.05, 0) is 55.3 Å². The fourth-order valence-electron chi connectivity index (χ4n) is 3.48. The number of nitrogens with zero attached hydrogens (tertiary/aromatic N) is 2. The average molecular weight is 420 g/mol. The number of fused-ring (bicyclic) bond motifs is 2. The van der Waals surface area contributed by atoms with Gasteiger partial charge in [-0.25, -0.2) is 4.98 Å². The molecule has 2 aromatic heterocycles. The maximum absolute atomic E-state index is 13.6. The summed E-state index contributed by atoms with van der Waals surface area (Å²) in [5, 5.41) is 0.638. The zero-order valence-corrected chi connectivity index (χ0v) is 17.5. The van der Waals surface area contributed by atoms with Gasteiger partial charge in [0, 0.05) is 5.56 Å². The van der Waals surface area contributed by atoms with E-state index < -0.39 is 0 Å². The lowest BCUT2D eigenvalue weighted by Crippen LogP contribution is -2.30. The molecule has 0 aliphatic carbocycles. The van der Waals surface area contributed by atoms with Gasteiger partial charge in [0.25, 0.3) is 5.91 Å². The number of carbonyl (C=O) groups excluding carboxylic acids is 1. The largest absolute Gasteiger partial charge is 0.486 e. The summed E-state index contributed by atoms with van der Waals surface area (Å²) in [6.45, 7) is 5.36. The van der Waals surface area contributed by atoms with Gasteiger partial charge in [-0.15, -0.1) is 0 Å². The number of hydrogen-bond donors (Lipinski definition) is 0. The van der Waals surface area contributed by atoms with E-state index >= 15 is 0 Å². The Morgan fingerprint density at radius 3 is 2.63 bits per heavy atom. The summed E-state index contributed by atoms with van der Waals surface area (Å²) in [7, 11) is 0. The van der Waals surface area contributed by atoms with Gasteiger partial charge in [0.05, 0.1) is 23.0 Å². The van der Waals surface area contributed by atoms with Crippen LogP contribution in [0.2, 0.25) is 0 Å². The highest BCUT2D eigenvalue weighted by Crippen LogP contribution is 2.36. The Labute approximate surface area is 177 Å². The van der Waals surface area contributed by atoms with Crippen molar-refractivity contribution in [3.63, 3.8) is 0 Å². The van der Waals surface area contributed by atoms with Gasteiger partial charge >= 0.3 is 0 Å². The number of ether oxygens (including phenoxy) is 2. The Morgan fingerprint density at radius 2 is 1.87 bits per heavy atom. The molecule has 0 saturated heterocycles. The average Bonchev–Trinajstić information content (AvgIpc) is 3.44. The second-order valence-corrected chi connectivity index (χ2v) is 8.18. The van der Waals surface area contributed by atoms with Crippen molar-refractivity contribution in [3.8, 4) is 11.5 Å². The van der Waals surface area contributed by atoms with E-state index in [1.807, 2.05) is 19.1 Å². The first-order valence-corrected chi connectivity index (χ1v) is 10.5. The molecule has 0 saturated carbocycles. The molecule has 0 radical (unpaired) electrons. The SMILES string of the molecule is Cc1ccc(C)c2sc(N(Cc3ccco3)C(=O)c3ccc4c(c3)OCCO4)nc12. The number of furan rings is 1. The van der Waals surface area contributed by atoms with E-state index in [9.17, 15) is 4.79 Å². The summed E-state index contributed by atoms with van der Waals surface area (Å²) in [4.78, 5) is 20.0. The molecule has 0 bridgehead atoms. The van der Waals surface area contributed by atoms with Crippen molar-refractivity contribution in [2.75, 3.05) is 18.1 Å². The van der Waals surface area contributed by atoms with E-state index in [4.69, 9.17) is 18.9 Å². The number of amides is 1. The van der Waals surface area contributed by atoms with Crippen molar-refractivity contribution in [1.82, 2.24) is 4.98 Å². The molecule has 0 spiro atoms. The number of thiazole rings is 1. The third-order valence-electron chi connectivity index (χ3n) is 5.09. The molecule has 5 rings (SSSR count). The number of anilines is 1. The lowest BCUT2D eigenvalue weighted by molar-refractivity contribution is 0.0982. The third kappa shape index (κ3) is 3.31. The molecule has 6 nitrogen and oxygen atoms in total. The van der Waals surface area contributed by atoms with Crippen LogP contribution in [-0.4, -0.2) is 24.1 Å². The van der Waals surface area contributed by atoms with Gasteiger partial charge in [-0.1, -0.05) is 23.5 Å². The minimum Gasteiger partial charge on any atom is -0.486 e. The lowest BCUT2D eigenvalue weighted by atomic mass is 10.1. The van der Waals surface area contributed by atoms with Gasteiger partial charge in [-0.2, -0.15) is 0 Å². The predicted octanol–water partition coefficient (Wildman–Crippen LogP) is 5.12. The second kappa shape index (κ2) is 7.50. The molecule has 152 valence electrons. The van der Waals surface area contributed by atoms with Gasteiger partial charge < -0.3 is 13.9 Å². The first-order chi connectivity index (χ1) is 14.6. The minimum atomic E-state index is -0.169. The molecule has 2 aromatic carbocycles. The standard InChI is InChI=1S/C23H20N2O4S/c1-14-5-6-15(2)21-20(14)24-23(30-21)25(13-17-4-3-9-27-17)22(26)16-7-8-18-19(12-16)29-11-10-28-18/h3-9,12H,10-11,13H2,1-2H3. The fraction of sp³-hybridized carbons (Fsp3) is 0.217. The Kier molecular flexibility index (Phi) is 4.67. The van der Waals surface area contributed by atoms with Crippen molar-refractivity contribution in [1.29, 1.82) is 0 Å². The molecule has 0 unspecified atom stereocenters. The van der Waals surface area contributed by atoms with Gasteiger partial charge in [-0.3, -0.25) is 9.69 Å². The van der Waals surface area contributed by atoms with Crippen molar-refractivity contribution in [3.05, 3.63) is 71.2 Å². The first kappa shape index (κ1) is 18.7. The van der Waals surface area contributed by atoms with Gasteiger partial charge in [0.15, 0.2) is 16.6 Å². The van der Waals surface area contributed by atoms with Crippen LogP contribution in [-0.2, 0) is 6.54 Å². The summed E-state index contributed by atoms with van der Waals surface area (Å²) in [6, 6.07) is 13.1. The zero-order valence-electron chi connectivity index (χ0n) is 16.7. The number of hydrogen-bond acceptors (Lipinski definition) is 6. The van der Waals surface area contributed by atoms with Crippen LogP contribution in [0.1, 0.15) is 27.2 Å². The topological polar surface area (TPSA) is 64.8 Å². The van der Waals surface area contributed by atoms with E-state index in [-0.39, 0.29) is 12.5 Å². The highest BCUT2D eigenvalue weighted by atomic mass is 32.1. The number of carbonyl (C=O) groups is 1. The molecule has 1 amide bonds. The fourth-order valence-corrected chi connectivity index (χ4v) is 4.59. The minimum absolute atomic E-state index is 0.169. The number of benzene rings is 2. The van der Waals surface area contributed by atoms with E-state index in [0.717, 1.165) is 21.3 Å². The van der Waals surface area contributed by atoms with Crippen molar-refractivity contribution in [2.24, 2.45) is 0 Å². The molecule has 1 aliphatic rings. The summed E-state index contributed by atoms with van der Waals surface area (Å²) < 4.78 is 17.8.